The Morgan fingerprint density at radius 1 is 1.24 bits per heavy atom. The lowest BCUT2D eigenvalue weighted by molar-refractivity contribution is 0.332. The first-order valence-corrected chi connectivity index (χ1v) is 9.41. The quantitative estimate of drug-likeness (QED) is 0.874. The van der Waals surface area contributed by atoms with Gasteiger partial charge in [-0.1, -0.05) is 6.92 Å². The molecule has 118 valence electrons. The molecule has 0 aliphatic heterocycles. The van der Waals surface area contributed by atoms with Gasteiger partial charge in [-0.2, -0.15) is 0 Å². The molecule has 2 aliphatic carbocycles. The summed E-state index contributed by atoms with van der Waals surface area (Å²) in [5.41, 5.74) is 6.65. The number of aromatic nitrogens is 1. The molecular weight excluding hydrogens is 286 g/mol. The van der Waals surface area contributed by atoms with E-state index in [-0.39, 0.29) is 6.04 Å². The summed E-state index contributed by atoms with van der Waals surface area (Å²) in [7, 11) is -3.42. The maximum Gasteiger partial charge on any atom is 0.242 e. The highest BCUT2D eigenvalue weighted by Crippen LogP contribution is 2.37. The third-order valence-corrected chi connectivity index (χ3v) is 6.19. The van der Waals surface area contributed by atoms with Crippen LogP contribution in [0.1, 0.15) is 57.2 Å². The summed E-state index contributed by atoms with van der Waals surface area (Å²) in [6, 6.07) is 2.26. The van der Waals surface area contributed by atoms with E-state index in [2.05, 4.69) is 11.6 Å². The standard InChI is InChI=1S/C15H25N3O2S/c1-11-2-4-12(5-3-11)17-21(19,20)15-8-14(9-16)18(10-15)13-6-7-13/h8,10-13,17H,2-7,9,16H2,1H3. The van der Waals surface area contributed by atoms with Gasteiger partial charge in [0.2, 0.25) is 10.0 Å². The second-order valence-corrected chi connectivity index (χ2v) is 8.30. The molecule has 21 heavy (non-hydrogen) atoms. The predicted octanol–water partition coefficient (Wildman–Crippen LogP) is 2.14. The van der Waals surface area contributed by atoms with Gasteiger partial charge in [-0.3, -0.25) is 0 Å². The van der Waals surface area contributed by atoms with E-state index in [1.165, 1.54) is 0 Å². The summed E-state index contributed by atoms with van der Waals surface area (Å²) >= 11 is 0. The van der Waals surface area contributed by atoms with Crippen molar-refractivity contribution in [1.29, 1.82) is 0 Å². The largest absolute Gasteiger partial charge is 0.346 e. The van der Waals surface area contributed by atoms with Gasteiger partial charge in [0.05, 0.1) is 4.90 Å². The van der Waals surface area contributed by atoms with Gasteiger partial charge in [0.15, 0.2) is 0 Å². The van der Waals surface area contributed by atoms with E-state index in [0.717, 1.165) is 44.2 Å². The number of rotatable bonds is 5. The van der Waals surface area contributed by atoms with Crippen molar-refractivity contribution in [2.75, 3.05) is 0 Å². The van der Waals surface area contributed by atoms with Gasteiger partial charge < -0.3 is 10.3 Å². The Bertz CT molecular complexity index is 596. The number of nitrogens with one attached hydrogen (secondary N) is 1. The smallest absolute Gasteiger partial charge is 0.242 e. The van der Waals surface area contributed by atoms with Gasteiger partial charge in [0.25, 0.3) is 0 Å². The molecule has 0 saturated heterocycles. The third-order valence-electron chi connectivity index (χ3n) is 4.70. The number of sulfonamides is 1. The van der Waals surface area contributed by atoms with Crippen LogP contribution in [0.15, 0.2) is 17.2 Å². The summed E-state index contributed by atoms with van der Waals surface area (Å²) in [6.07, 6.45) is 8.08. The first-order chi connectivity index (χ1) is 9.99. The van der Waals surface area contributed by atoms with Crippen molar-refractivity contribution in [3.05, 3.63) is 18.0 Å². The highest BCUT2D eigenvalue weighted by atomic mass is 32.2. The van der Waals surface area contributed by atoms with Crippen LogP contribution in [0.4, 0.5) is 0 Å². The van der Waals surface area contributed by atoms with E-state index in [1.807, 2.05) is 4.57 Å². The van der Waals surface area contributed by atoms with Crippen molar-refractivity contribution in [1.82, 2.24) is 9.29 Å². The lowest BCUT2D eigenvalue weighted by Gasteiger charge is -2.26. The number of hydrogen-bond donors (Lipinski definition) is 2. The van der Waals surface area contributed by atoms with E-state index in [1.54, 1.807) is 12.3 Å². The highest BCUT2D eigenvalue weighted by molar-refractivity contribution is 7.89. The van der Waals surface area contributed by atoms with Crippen LogP contribution >= 0.6 is 0 Å². The average molecular weight is 311 g/mol. The van der Waals surface area contributed by atoms with Crippen molar-refractivity contribution >= 4 is 10.0 Å². The van der Waals surface area contributed by atoms with Crippen LogP contribution in [0.5, 0.6) is 0 Å². The molecule has 6 heteroatoms. The Morgan fingerprint density at radius 2 is 1.90 bits per heavy atom. The Hall–Kier alpha value is -0.850. The summed E-state index contributed by atoms with van der Waals surface area (Å²) in [5.74, 6) is 0.713. The Balaban J connectivity index is 1.75. The zero-order chi connectivity index (χ0) is 15.0. The SMILES string of the molecule is CC1CCC(NS(=O)(=O)c2cc(CN)n(C3CC3)c2)CC1. The van der Waals surface area contributed by atoms with Crippen molar-refractivity contribution in [2.24, 2.45) is 11.7 Å². The summed E-state index contributed by atoms with van der Waals surface area (Å²) in [6.45, 7) is 2.61. The van der Waals surface area contributed by atoms with Gasteiger partial charge >= 0.3 is 0 Å². The maximum atomic E-state index is 12.5. The number of nitrogens with two attached hydrogens (primary N) is 1. The molecule has 5 nitrogen and oxygen atoms in total. The fourth-order valence-corrected chi connectivity index (χ4v) is 4.52. The molecule has 1 heterocycles. The van der Waals surface area contributed by atoms with Gasteiger partial charge in [-0.15, -0.1) is 0 Å². The Labute approximate surface area is 127 Å². The van der Waals surface area contributed by atoms with E-state index in [4.69, 9.17) is 5.73 Å². The summed E-state index contributed by atoms with van der Waals surface area (Å²) < 4.78 is 30.0. The zero-order valence-corrected chi connectivity index (χ0v) is 13.4. The fraction of sp³-hybridized carbons (Fsp3) is 0.733. The molecule has 3 N–H and O–H groups in total. The lowest BCUT2D eigenvalue weighted by Crippen LogP contribution is -2.37. The molecule has 0 radical (unpaired) electrons. The number of nitrogens with zero attached hydrogens (tertiary/aromatic N) is 1. The normalized spacial score (nSPS) is 27.0. The molecular formula is C15H25N3O2S. The van der Waals surface area contributed by atoms with E-state index >= 15 is 0 Å². The molecule has 3 rings (SSSR count). The molecule has 0 atom stereocenters. The minimum Gasteiger partial charge on any atom is -0.346 e. The molecule has 0 amide bonds. The molecule has 0 bridgehead atoms. The van der Waals surface area contributed by atoms with Gasteiger partial charge in [0, 0.05) is 30.5 Å². The summed E-state index contributed by atoms with van der Waals surface area (Å²) in [5, 5.41) is 0. The lowest BCUT2D eigenvalue weighted by atomic mass is 9.88. The third kappa shape index (κ3) is 3.33. The fourth-order valence-electron chi connectivity index (χ4n) is 3.17. The van der Waals surface area contributed by atoms with Crippen molar-refractivity contribution in [2.45, 2.75) is 69.0 Å². The van der Waals surface area contributed by atoms with Gasteiger partial charge in [0.1, 0.15) is 0 Å². The molecule has 0 spiro atoms. The predicted molar refractivity (Wildman–Crippen MR) is 82.3 cm³/mol. The van der Waals surface area contributed by atoms with E-state index in [9.17, 15) is 8.42 Å². The number of hydrogen-bond acceptors (Lipinski definition) is 3. The molecule has 0 aromatic carbocycles. The molecule has 2 aliphatic rings. The molecule has 1 aromatic rings. The van der Waals surface area contributed by atoms with Crippen LogP contribution in [0.25, 0.3) is 0 Å². The zero-order valence-electron chi connectivity index (χ0n) is 12.6. The minimum atomic E-state index is -3.42. The van der Waals surface area contributed by atoms with Crippen molar-refractivity contribution < 1.29 is 8.42 Å². The first-order valence-electron chi connectivity index (χ1n) is 7.92. The average Bonchev–Trinajstić information content (AvgIpc) is 3.19. The van der Waals surface area contributed by atoms with Gasteiger partial charge in [-0.25, -0.2) is 13.1 Å². The van der Waals surface area contributed by atoms with E-state index < -0.39 is 10.0 Å². The maximum absolute atomic E-state index is 12.5. The second-order valence-electron chi connectivity index (χ2n) is 6.59. The first kappa shape index (κ1) is 15.1. The molecule has 2 saturated carbocycles. The second kappa shape index (κ2) is 5.74. The molecule has 0 unspecified atom stereocenters. The minimum absolute atomic E-state index is 0.0804. The van der Waals surface area contributed by atoms with Crippen molar-refractivity contribution in [3.8, 4) is 0 Å². The van der Waals surface area contributed by atoms with E-state index in [0.29, 0.717) is 23.4 Å². The van der Waals surface area contributed by atoms with Gasteiger partial charge in [-0.05, 0) is 50.5 Å². The topological polar surface area (TPSA) is 77.1 Å². The van der Waals surface area contributed by atoms with Crippen LogP contribution in [-0.4, -0.2) is 19.0 Å². The highest BCUT2D eigenvalue weighted by Gasteiger charge is 2.29. The summed E-state index contributed by atoms with van der Waals surface area (Å²) in [4.78, 5) is 0.369. The van der Waals surface area contributed by atoms with Crippen molar-refractivity contribution in [3.63, 3.8) is 0 Å². The monoisotopic (exact) mass is 311 g/mol. The van der Waals surface area contributed by atoms with Crippen LogP contribution < -0.4 is 10.5 Å². The molecule has 2 fully saturated rings. The Morgan fingerprint density at radius 3 is 2.48 bits per heavy atom. The van der Waals surface area contributed by atoms with Crippen LogP contribution in [0.2, 0.25) is 0 Å². The van der Waals surface area contributed by atoms with Crippen LogP contribution in [0, 0.1) is 5.92 Å². The molecule has 1 aromatic heterocycles. The Kier molecular flexibility index (Phi) is 4.12. The van der Waals surface area contributed by atoms with Crippen LogP contribution in [0.3, 0.4) is 0 Å². The van der Waals surface area contributed by atoms with Crippen LogP contribution in [-0.2, 0) is 16.6 Å².